The number of ether oxygens (including phenoxy) is 1. The molecule has 3 N–H and O–H groups in total. The van der Waals surface area contributed by atoms with Crippen LogP contribution in [-0.2, 0) is 22.6 Å². The van der Waals surface area contributed by atoms with Crippen molar-refractivity contribution in [1.82, 2.24) is 5.32 Å². The molecule has 0 radical (unpaired) electrons. The molecule has 4 nitrogen and oxygen atoms in total. The van der Waals surface area contributed by atoms with Crippen molar-refractivity contribution in [1.29, 1.82) is 0 Å². The second kappa shape index (κ2) is 6.12. The number of amides is 1. The zero-order chi connectivity index (χ0) is 13.8. The Morgan fingerprint density at radius 3 is 2.95 bits per heavy atom. The van der Waals surface area contributed by atoms with Crippen molar-refractivity contribution < 1.29 is 13.9 Å². The van der Waals surface area contributed by atoms with Gasteiger partial charge in [0.25, 0.3) is 0 Å². The van der Waals surface area contributed by atoms with Crippen LogP contribution in [0.3, 0.4) is 0 Å². The van der Waals surface area contributed by atoms with Gasteiger partial charge in [0.15, 0.2) is 0 Å². The monoisotopic (exact) mass is 266 g/mol. The first-order valence-corrected chi connectivity index (χ1v) is 6.47. The molecule has 2 atom stereocenters. The van der Waals surface area contributed by atoms with Crippen molar-refractivity contribution in [3.8, 4) is 0 Å². The number of nitrogens with two attached hydrogens (primary N) is 1. The topological polar surface area (TPSA) is 64.4 Å². The van der Waals surface area contributed by atoms with Crippen LogP contribution >= 0.6 is 0 Å². The highest BCUT2D eigenvalue weighted by atomic mass is 19.1. The van der Waals surface area contributed by atoms with Crippen molar-refractivity contribution in [2.24, 2.45) is 11.7 Å². The zero-order valence-corrected chi connectivity index (χ0v) is 11.0. The molecule has 1 aromatic carbocycles. The molecule has 19 heavy (non-hydrogen) atoms. The number of nitrogens with one attached hydrogen (secondary N) is 1. The van der Waals surface area contributed by atoms with Crippen LogP contribution in [0.15, 0.2) is 18.2 Å². The minimum atomic E-state index is -0.334. The van der Waals surface area contributed by atoms with E-state index in [-0.39, 0.29) is 30.3 Å². The molecule has 1 heterocycles. The quantitative estimate of drug-likeness (QED) is 0.864. The summed E-state index contributed by atoms with van der Waals surface area (Å²) in [7, 11) is 0. The minimum absolute atomic E-state index is 0.0772. The normalized spacial score (nSPS) is 22.5. The number of hydrogen-bond acceptors (Lipinski definition) is 3. The molecule has 104 valence electrons. The Morgan fingerprint density at radius 1 is 1.58 bits per heavy atom. The largest absolute Gasteiger partial charge is 0.378 e. The molecule has 1 fully saturated rings. The third-order valence-corrected chi connectivity index (χ3v) is 3.38. The SMILES string of the molecule is CC1CC(C(=O)NCc2ccc(CN)cc2F)CO1. The summed E-state index contributed by atoms with van der Waals surface area (Å²) >= 11 is 0. The summed E-state index contributed by atoms with van der Waals surface area (Å²) in [5, 5.41) is 2.75. The van der Waals surface area contributed by atoms with Crippen LogP contribution in [0.25, 0.3) is 0 Å². The summed E-state index contributed by atoms with van der Waals surface area (Å²) < 4.78 is 19.0. The van der Waals surface area contributed by atoms with Crippen LogP contribution in [0, 0.1) is 11.7 Å². The molecule has 5 heteroatoms. The highest BCUT2D eigenvalue weighted by molar-refractivity contribution is 5.79. The minimum Gasteiger partial charge on any atom is -0.378 e. The van der Waals surface area contributed by atoms with Crippen molar-refractivity contribution >= 4 is 5.91 Å². The zero-order valence-electron chi connectivity index (χ0n) is 11.0. The molecule has 0 aromatic heterocycles. The molecule has 1 aliphatic heterocycles. The molecule has 0 aliphatic carbocycles. The highest BCUT2D eigenvalue weighted by Gasteiger charge is 2.27. The van der Waals surface area contributed by atoms with Crippen molar-refractivity contribution in [3.05, 3.63) is 35.1 Å². The average molecular weight is 266 g/mol. The summed E-state index contributed by atoms with van der Waals surface area (Å²) in [5.41, 5.74) is 6.65. The fourth-order valence-electron chi connectivity index (χ4n) is 2.19. The predicted octanol–water partition coefficient (Wildman–Crippen LogP) is 1.33. The second-order valence-corrected chi connectivity index (χ2v) is 4.92. The van der Waals surface area contributed by atoms with E-state index in [9.17, 15) is 9.18 Å². The first-order valence-electron chi connectivity index (χ1n) is 6.47. The van der Waals surface area contributed by atoms with Gasteiger partial charge in [-0.3, -0.25) is 4.79 Å². The van der Waals surface area contributed by atoms with Crippen molar-refractivity contribution in [3.63, 3.8) is 0 Å². The summed E-state index contributed by atoms with van der Waals surface area (Å²) in [6.45, 7) is 2.89. The van der Waals surface area contributed by atoms with E-state index in [1.165, 1.54) is 6.07 Å². The number of halogens is 1. The Balaban J connectivity index is 1.90. The Kier molecular flexibility index (Phi) is 4.50. The first-order chi connectivity index (χ1) is 9.10. The second-order valence-electron chi connectivity index (χ2n) is 4.92. The number of hydrogen-bond donors (Lipinski definition) is 2. The fourth-order valence-corrected chi connectivity index (χ4v) is 2.19. The molecule has 0 spiro atoms. The molecular weight excluding hydrogens is 247 g/mol. The van der Waals surface area contributed by atoms with E-state index in [0.29, 0.717) is 18.7 Å². The van der Waals surface area contributed by atoms with Gasteiger partial charge in [0, 0.05) is 18.7 Å². The van der Waals surface area contributed by atoms with E-state index in [1.807, 2.05) is 6.92 Å². The van der Waals surface area contributed by atoms with Gasteiger partial charge >= 0.3 is 0 Å². The first kappa shape index (κ1) is 14.0. The molecule has 2 unspecified atom stereocenters. The lowest BCUT2D eigenvalue weighted by molar-refractivity contribution is -0.125. The van der Waals surface area contributed by atoms with Crippen LogP contribution in [0.1, 0.15) is 24.5 Å². The number of rotatable bonds is 4. The number of carbonyl (C=O) groups is 1. The maximum absolute atomic E-state index is 13.7. The van der Waals surface area contributed by atoms with E-state index in [4.69, 9.17) is 10.5 Å². The van der Waals surface area contributed by atoms with Gasteiger partial charge in [0.05, 0.1) is 18.6 Å². The fraction of sp³-hybridized carbons (Fsp3) is 0.500. The van der Waals surface area contributed by atoms with Gasteiger partial charge in [-0.2, -0.15) is 0 Å². The van der Waals surface area contributed by atoms with Gasteiger partial charge in [-0.25, -0.2) is 4.39 Å². The molecule has 1 aromatic rings. The summed E-state index contributed by atoms with van der Waals surface area (Å²) in [4.78, 5) is 11.9. The Bertz CT molecular complexity index is 465. The van der Waals surface area contributed by atoms with Crippen LogP contribution in [0.2, 0.25) is 0 Å². The Labute approximate surface area is 112 Å². The lowest BCUT2D eigenvalue weighted by Gasteiger charge is -2.10. The highest BCUT2D eigenvalue weighted by Crippen LogP contribution is 2.19. The molecule has 0 saturated carbocycles. The maximum atomic E-state index is 13.7. The molecule has 0 bridgehead atoms. The average Bonchev–Trinajstić information content (AvgIpc) is 2.83. The van der Waals surface area contributed by atoms with E-state index in [1.54, 1.807) is 12.1 Å². The van der Waals surface area contributed by atoms with Crippen molar-refractivity contribution in [2.75, 3.05) is 6.61 Å². The maximum Gasteiger partial charge on any atom is 0.225 e. The lowest BCUT2D eigenvalue weighted by Crippen LogP contribution is -2.30. The summed E-state index contributed by atoms with van der Waals surface area (Å²) in [5.74, 6) is -0.535. The van der Waals surface area contributed by atoms with E-state index >= 15 is 0 Å². The van der Waals surface area contributed by atoms with Crippen molar-refractivity contribution in [2.45, 2.75) is 32.5 Å². The summed E-state index contributed by atoms with van der Waals surface area (Å²) in [6, 6.07) is 4.83. The third kappa shape index (κ3) is 3.52. The molecule has 1 saturated heterocycles. The van der Waals surface area contributed by atoms with Gasteiger partial charge < -0.3 is 15.8 Å². The van der Waals surface area contributed by atoms with Crippen LogP contribution in [0.5, 0.6) is 0 Å². The Hall–Kier alpha value is -1.46. The summed E-state index contributed by atoms with van der Waals surface area (Å²) in [6.07, 6.45) is 0.844. The van der Waals surface area contributed by atoms with Crippen LogP contribution in [-0.4, -0.2) is 18.6 Å². The number of carbonyl (C=O) groups excluding carboxylic acids is 1. The lowest BCUT2D eigenvalue weighted by atomic mass is 10.1. The smallest absolute Gasteiger partial charge is 0.225 e. The third-order valence-electron chi connectivity index (χ3n) is 3.38. The van der Waals surface area contributed by atoms with E-state index in [0.717, 1.165) is 12.0 Å². The van der Waals surface area contributed by atoms with Gasteiger partial charge in [-0.05, 0) is 25.0 Å². The van der Waals surface area contributed by atoms with E-state index in [2.05, 4.69) is 5.32 Å². The van der Waals surface area contributed by atoms with Crippen LogP contribution in [0.4, 0.5) is 4.39 Å². The molecule has 1 amide bonds. The van der Waals surface area contributed by atoms with Gasteiger partial charge in [-0.15, -0.1) is 0 Å². The van der Waals surface area contributed by atoms with E-state index < -0.39 is 0 Å². The molecular formula is C14H19FN2O2. The molecule has 1 aliphatic rings. The Morgan fingerprint density at radius 2 is 2.37 bits per heavy atom. The van der Waals surface area contributed by atoms with Gasteiger partial charge in [0.2, 0.25) is 5.91 Å². The number of benzene rings is 1. The van der Waals surface area contributed by atoms with Gasteiger partial charge in [0.1, 0.15) is 5.82 Å². The molecule has 2 rings (SSSR count). The van der Waals surface area contributed by atoms with Crippen LogP contribution < -0.4 is 11.1 Å². The van der Waals surface area contributed by atoms with Gasteiger partial charge in [-0.1, -0.05) is 12.1 Å². The standard InChI is InChI=1S/C14H19FN2O2/c1-9-4-12(8-19-9)14(18)17-7-11-3-2-10(6-16)5-13(11)15/h2-3,5,9,12H,4,6-8,16H2,1H3,(H,17,18). The predicted molar refractivity (Wildman–Crippen MR) is 69.7 cm³/mol.